The number of hydrogen-bond donors (Lipinski definition) is 0. The summed E-state index contributed by atoms with van der Waals surface area (Å²) in [6.45, 7) is 0. The zero-order chi connectivity index (χ0) is 58.1. The first-order valence-electron chi connectivity index (χ1n) is 30.3. The summed E-state index contributed by atoms with van der Waals surface area (Å²) in [4.78, 5) is 0. The Morgan fingerprint density at radius 1 is 0.239 bits per heavy atom. The van der Waals surface area contributed by atoms with Gasteiger partial charge in [-0.2, -0.15) is 0 Å². The molecule has 0 atom stereocenters. The highest BCUT2D eigenvalue weighted by Gasteiger charge is 2.43. The third kappa shape index (κ3) is 8.18. The Hall–Kier alpha value is -11.3. The molecule has 0 N–H and O–H groups in total. The molecule has 0 aliphatic rings. The Morgan fingerprint density at radius 2 is 0.670 bits per heavy atom. The summed E-state index contributed by atoms with van der Waals surface area (Å²) in [7, 11) is -3.33. The number of fused-ring (bicyclic) bond motifs is 9. The van der Waals surface area contributed by atoms with Crippen molar-refractivity contribution >= 4 is 94.4 Å². The molecule has 0 aliphatic carbocycles. The van der Waals surface area contributed by atoms with E-state index in [2.05, 4.69) is 349 Å². The number of furan rings is 1. The molecule has 0 saturated carbocycles. The standard InChI is InChI=1S/C84H56N2OSi/c1-6-26-57(27-7-1)61-34-22-38-65(52-61)88(64-36-14-5-15-37-64,66-39-23-35-62(53-66)58-28-8-2-9-29-58)67-55-74(59-30-10-3-11-31-59)84(75(56-67)60-32-12-4-13-33-60)86-78-47-20-17-41-69(78)76-54-63(50-51-79(76)86)85-77-46-19-16-40-68(77)71-44-24-45-72(83(71)85)70-43-25-49-81-82(70)73-42-18-21-48-80(73)87-81/h1-56H. The average Bonchev–Trinajstić information content (AvgIpc) is 1.43. The molecule has 0 aliphatic heterocycles. The molecule has 17 rings (SSSR count). The van der Waals surface area contributed by atoms with Crippen molar-refractivity contribution in [3.05, 3.63) is 340 Å². The fraction of sp³-hybridized carbons (Fsp3) is 0. The van der Waals surface area contributed by atoms with Crippen LogP contribution in [0, 0.1) is 0 Å². The van der Waals surface area contributed by atoms with E-state index >= 15 is 0 Å². The summed E-state index contributed by atoms with van der Waals surface area (Å²) in [6, 6.07) is 126. The van der Waals surface area contributed by atoms with E-state index in [1.54, 1.807) is 0 Å². The van der Waals surface area contributed by atoms with Gasteiger partial charge in [-0.25, -0.2) is 0 Å². The molecule has 0 fully saturated rings. The lowest BCUT2D eigenvalue weighted by Crippen LogP contribution is -2.74. The van der Waals surface area contributed by atoms with Gasteiger partial charge in [-0.15, -0.1) is 0 Å². The maximum atomic E-state index is 6.52. The first kappa shape index (κ1) is 51.1. The summed E-state index contributed by atoms with van der Waals surface area (Å²) in [5, 5.41) is 12.2. The van der Waals surface area contributed by atoms with Gasteiger partial charge in [0.15, 0.2) is 8.07 Å². The third-order valence-corrected chi connectivity index (χ3v) is 23.0. The van der Waals surface area contributed by atoms with E-state index in [4.69, 9.17) is 4.42 Å². The van der Waals surface area contributed by atoms with Gasteiger partial charge in [-0.05, 0) is 102 Å². The zero-order valence-electron chi connectivity index (χ0n) is 48.1. The maximum Gasteiger partial charge on any atom is 0.179 e. The molecule has 14 aromatic carbocycles. The van der Waals surface area contributed by atoms with Crippen LogP contribution in [0.3, 0.4) is 0 Å². The average molecular weight is 1140 g/mol. The highest BCUT2D eigenvalue weighted by molar-refractivity contribution is 7.20. The summed E-state index contributed by atoms with van der Waals surface area (Å²) >= 11 is 0. The lowest BCUT2D eigenvalue weighted by atomic mass is 9.95. The van der Waals surface area contributed by atoms with Crippen molar-refractivity contribution in [2.75, 3.05) is 0 Å². The predicted molar refractivity (Wildman–Crippen MR) is 373 cm³/mol. The van der Waals surface area contributed by atoms with E-state index in [1.807, 2.05) is 0 Å². The second kappa shape index (κ2) is 21.0. The molecule has 412 valence electrons. The van der Waals surface area contributed by atoms with Gasteiger partial charge < -0.3 is 13.6 Å². The van der Waals surface area contributed by atoms with E-state index in [-0.39, 0.29) is 0 Å². The lowest BCUT2D eigenvalue weighted by Gasteiger charge is -2.36. The molecule has 17 aromatic rings. The Balaban J connectivity index is 0.967. The Morgan fingerprint density at radius 3 is 1.28 bits per heavy atom. The molecule has 3 nitrogen and oxygen atoms in total. The third-order valence-electron chi connectivity index (χ3n) is 18.3. The van der Waals surface area contributed by atoms with Crippen LogP contribution >= 0.6 is 0 Å². The molecule has 88 heavy (non-hydrogen) atoms. The van der Waals surface area contributed by atoms with E-state index < -0.39 is 8.07 Å². The highest BCUT2D eigenvalue weighted by atomic mass is 28.3. The molecule has 4 heteroatoms. The summed E-state index contributed by atoms with van der Waals surface area (Å²) in [6.07, 6.45) is 0. The molecule has 0 amide bonds. The van der Waals surface area contributed by atoms with Gasteiger partial charge in [0.1, 0.15) is 11.2 Å². The zero-order valence-corrected chi connectivity index (χ0v) is 49.1. The van der Waals surface area contributed by atoms with E-state index in [0.29, 0.717) is 0 Å². The van der Waals surface area contributed by atoms with Gasteiger partial charge >= 0.3 is 0 Å². The molecular weight excluding hydrogens is 1080 g/mol. The van der Waals surface area contributed by atoms with Crippen molar-refractivity contribution in [2.24, 2.45) is 0 Å². The SMILES string of the molecule is c1ccc(-c2cccc([Si](c3ccccc3)(c3cccc(-c4ccccc4)c3)c3cc(-c4ccccc4)c(-n4c5ccccc5c5cc(-n6c7ccccc7c7cccc(-c8cccc9oc%10ccccc%10c89)c76)ccc54)c(-c4ccccc4)c3)c2)cc1. The normalized spacial score (nSPS) is 11.9. The monoisotopic (exact) mass is 1140 g/mol. The smallest absolute Gasteiger partial charge is 0.179 e. The van der Waals surface area contributed by atoms with Crippen LogP contribution in [0.4, 0.5) is 0 Å². The molecular formula is C84H56N2OSi. The molecule has 0 bridgehead atoms. The maximum absolute atomic E-state index is 6.52. The van der Waals surface area contributed by atoms with Crippen LogP contribution in [0.25, 0.3) is 133 Å². The lowest BCUT2D eigenvalue weighted by molar-refractivity contribution is 0.669. The summed E-state index contributed by atoms with van der Waals surface area (Å²) in [5.74, 6) is 0. The minimum Gasteiger partial charge on any atom is -0.456 e. The van der Waals surface area contributed by atoms with E-state index in [1.165, 1.54) is 64.5 Å². The van der Waals surface area contributed by atoms with Gasteiger partial charge in [-0.1, -0.05) is 297 Å². The fourth-order valence-electron chi connectivity index (χ4n) is 14.4. The van der Waals surface area contributed by atoms with Gasteiger partial charge in [0, 0.05) is 54.7 Å². The molecule has 3 heterocycles. The minimum atomic E-state index is -3.33. The highest BCUT2D eigenvalue weighted by Crippen LogP contribution is 2.46. The van der Waals surface area contributed by atoms with Crippen molar-refractivity contribution in [1.82, 2.24) is 9.13 Å². The van der Waals surface area contributed by atoms with Gasteiger partial charge in [0.25, 0.3) is 0 Å². The molecule has 3 aromatic heterocycles. The molecule has 0 unspecified atom stereocenters. The van der Waals surface area contributed by atoms with Crippen LogP contribution in [0.5, 0.6) is 0 Å². The molecule has 0 radical (unpaired) electrons. The Kier molecular flexibility index (Phi) is 12.2. The summed E-state index contributed by atoms with van der Waals surface area (Å²) < 4.78 is 11.6. The van der Waals surface area contributed by atoms with Crippen LogP contribution in [-0.2, 0) is 0 Å². The van der Waals surface area contributed by atoms with Crippen molar-refractivity contribution in [2.45, 2.75) is 0 Å². The van der Waals surface area contributed by atoms with E-state index in [9.17, 15) is 0 Å². The van der Waals surface area contributed by atoms with Gasteiger partial charge in [-0.3, -0.25) is 0 Å². The summed E-state index contributed by atoms with van der Waals surface area (Å²) in [5.41, 5.74) is 20.2. The Bertz CT molecular complexity index is 5350. The van der Waals surface area contributed by atoms with Gasteiger partial charge in [0.05, 0.1) is 27.8 Å². The second-order valence-electron chi connectivity index (χ2n) is 23.0. The first-order chi connectivity index (χ1) is 43.7. The van der Waals surface area contributed by atoms with Crippen LogP contribution < -0.4 is 20.7 Å². The minimum absolute atomic E-state index is 0.882. The number of aromatic nitrogens is 2. The number of para-hydroxylation sites is 4. The van der Waals surface area contributed by atoms with Crippen LogP contribution in [0.15, 0.2) is 344 Å². The van der Waals surface area contributed by atoms with Crippen molar-refractivity contribution in [1.29, 1.82) is 0 Å². The van der Waals surface area contributed by atoms with Crippen molar-refractivity contribution in [3.8, 4) is 67.0 Å². The van der Waals surface area contributed by atoms with Gasteiger partial charge in [0.2, 0.25) is 0 Å². The predicted octanol–water partition coefficient (Wildman–Crippen LogP) is 19.5. The largest absolute Gasteiger partial charge is 0.456 e. The first-order valence-corrected chi connectivity index (χ1v) is 32.3. The fourth-order valence-corrected chi connectivity index (χ4v) is 19.3. The second-order valence-corrected chi connectivity index (χ2v) is 26.9. The van der Waals surface area contributed by atoms with Crippen molar-refractivity contribution in [3.63, 3.8) is 0 Å². The van der Waals surface area contributed by atoms with Crippen LogP contribution in [-0.4, -0.2) is 17.2 Å². The van der Waals surface area contributed by atoms with Crippen LogP contribution in [0.1, 0.15) is 0 Å². The number of rotatable bonds is 11. The molecule has 0 spiro atoms. The number of hydrogen-bond acceptors (Lipinski definition) is 1. The topological polar surface area (TPSA) is 23.0 Å². The quantitative estimate of drug-likeness (QED) is 0.0935. The van der Waals surface area contributed by atoms with Crippen molar-refractivity contribution < 1.29 is 4.42 Å². The molecule has 0 saturated heterocycles. The Labute approximate surface area is 511 Å². The van der Waals surface area contributed by atoms with Crippen LogP contribution in [0.2, 0.25) is 0 Å². The van der Waals surface area contributed by atoms with E-state index in [0.717, 1.165) is 88.8 Å². The number of benzene rings is 14. The number of nitrogens with zero attached hydrogens (tertiary/aromatic N) is 2.